The van der Waals surface area contributed by atoms with Gasteiger partial charge in [0.05, 0.1) is 11.0 Å². The van der Waals surface area contributed by atoms with E-state index in [9.17, 15) is 0 Å². The molecule has 0 fully saturated rings. The van der Waals surface area contributed by atoms with Crippen LogP contribution in [-0.2, 0) is 5.41 Å². The van der Waals surface area contributed by atoms with Crippen molar-refractivity contribution in [2.45, 2.75) is 26.2 Å². The molecule has 2 aromatic heterocycles. The summed E-state index contributed by atoms with van der Waals surface area (Å²) in [6, 6.07) is 49.4. The molecule has 1 aliphatic rings. The van der Waals surface area contributed by atoms with Gasteiger partial charge in [-0.3, -0.25) is 0 Å². The molecule has 0 saturated carbocycles. The molecule has 0 N–H and O–H groups in total. The lowest BCUT2D eigenvalue weighted by atomic mass is 9.46. The van der Waals surface area contributed by atoms with Crippen LogP contribution in [0.15, 0.2) is 133 Å². The quantitative estimate of drug-likeness (QED) is 0.190. The van der Waals surface area contributed by atoms with Crippen LogP contribution in [0.1, 0.15) is 26.3 Å². The van der Waals surface area contributed by atoms with Gasteiger partial charge in [0.1, 0.15) is 0 Å². The van der Waals surface area contributed by atoms with E-state index >= 15 is 0 Å². The lowest BCUT2D eigenvalue weighted by Crippen LogP contribution is -2.55. The van der Waals surface area contributed by atoms with Gasteiger partial charge in [-0.05, 0) is 45.7 Å². The first-order valence-electron chi connectivity index (χ1n) is 15.3. The molecule has 3 heterocycles. The van der Waals surface area contributed by atoms with Gasteiger partial charge in [-0.2, -0.15) is 0 Å². The minimum Gasteiger partial charge on any atom is -0.375 e. The molecule has 2 nitrogen and oxygen atoms in total. The molecule has 0 aliphatic carbocycles. The third kappa shape index (κ3) is 3.31. The number of hydrogen-bond donors (Lipinski definition) is 0. The summed E-state index contributed by atoms with van der Waals surface area (Å²) in [6.07, 6.45) is 0. The van der Waals surface area contributed by atoms with Crippen molar-refractivity contribution in [2.75, 3.05) is 0 Å². The Morgan fingerprint density at radius 2 is 1.14 bits per heavy atom. The number of fused-ring (bicyclic) bond motifs is 8. The van der Waals surface area contributed by atoms with E-state index < -0.39 is 0 Å². The first-order chi connectivity index (χ1) is 21.0. The predicted molar refractivity (Wildman–Crippen MR) is 185 cm³/mol. The highest BCUT2D eigenvalue weighted by Crippen LogP contribution is 2.40. The molecular formula is C40H31BN2. The molecule has 0 atom stereocenters. The highest BCUT2D eigenvalue weighted by molar-refractivity contribution is 6.88. The molecule has 204 valence electrons. The van der Waals surface area contributed by atoms with Crippen LogP contribution in [0.4, 0.5) is 0 Å². The van der Waals surface area contributed by atoms with Crippen molar-refractivity contribution in [2.24, 2.45) is 0 Å². The SMILES string of the molecule is CC(C)(C)c1ccc2c3ccccc3n3c2c1B(n1c2ccccc2c2cccc(-c4ccccc4)c21)c1ccccc1-3. The fourth-order valence-corrected chi connectivity index (χ4v) is 7.78. The van der Waals surface area contributed by atoms with E-state index in [4.69, 9.17) is 0 Å². The summed E-state index contributed by atoms with van der Waals surface area (Å²) in [5.41, 5.74) is 13.0. The van der Waals surface area contributed by atoms with Gasteiger partial charge < -0.3 is 9.05 Å². The zero-order valence-corrected chi connectivity index (χ0v) is 24.7. The Balaban J connectivity index is 1.54. The Hall–Kier alpha value is -5.02. The van der Waals surface area contributed by atoms with Gasteiger partial charge >= 0.3 is 6.85 Å². The van der Waals surface area contributed by atoms with E-state index in [-0.39, 0.29) is 12.3 Å². The van der Waals surface area contributed by atoms with Crippen molar-refractivity contribution >= 4 is 61.4 Å². The van der Waals surface area contributed by atoms with Crippen molar-refractivity contribution < 1.29 is 0 Å². The Morgan fingerprint density at radius 1 is 0.512 bits per heavy atom. The fourth-order valence-electron chi connectivity index (χ4n) is 7.78. The summed E-state index contributed by atoms with van der Waals surface area (Å²) in [5, 5.41) is 5.22. The Kier molecular flexibility index (Phi) is 5.00. The molecule has 3 heteroatoms. The standard InChI is InChI=1S/C40H31BN2/c1-40(2,3)32-25-24-31-28-16-7-10-21-34(28)42-36-23-12-9-20-33(36)41(37(32)39(31)42)43-35-22-11-8-17-29(35)30-19-13-18-27(38(30)43)26-14-5-4-6-15-26/h4-25H,1-3H3. The number of benzene rings is 6. The van der Waals surface area contributed by atoms with Gasteiger partial charge in [0.15, 0.2) is 0 Å². The number of hydrogen-bond acceptors (Lipinski definition) is 0. The first kappa shape index (κ1) is 24.6. The average Bonchev–Trinajstić information content (AvgIpc) is 3.55. The topological polar surface area (TPSA) is 9.86 Å². The van der Waals surface area contributed by atoms with Crippen LogP contribution in [-0.4, -0.2) is 15.9 Å². The van der Waals surface area contributed by atoms with Gasteiger partial charge in [0, 0.05) is 43.8 Å². The monoisotopic (exact) mass is 550 g/mol. The third-order valence-electron chi connectivity index (χ3n) is 9.50. The number of para-hydroxylation sites is 4. The van der Waals surface area contributed by atoms with Crippen LogP contribution in [0, 0.1) is 0 Å². The maximum absolute atomic E-state index is 2.66. The van der Waals surface area contributed by atoms with E-state index in [1.54, 1.807) is 0 Å². The van der Waals surface area contributed by atoms with Gasteiger partial charge in [-0.25, -0.2) is 0 Å². The fraction of sp³-hybridized carbons (Fsp3) is 0.100. The molecular weight excluding hydrogens is 519 g/mol. The minimum atomic E-state index is -0.0453. The zero-order chi connectivity index (χ0) is 28.9. The van der Waals surface area contributed by atoms with Crippen LogP contribution < -0.4 is 10.9 Å². The molecule has 0 bridgehead atoms. The maximum atomic E-state index is 2.66. The van der Waals surface area contributed by atoms with Crippen molar-refractivity contribution in [3.8, 4) is 16.8 Å². The van der Waals surface area contributed by atoms with Crippen molar-refractivity contribution in [1.82, 2.24) is 9.05 Å². The van der Waals surface area contributed by atoms with E-state index in [0.29, 0.717) is 0 Å². The van der Waals surface area contributed by atoms with Gasteiger partial charge in [-0.15, -0.1) is 0 Å². The third-order valence-corrected chi connectivity index (χ3v) is 9.50. The van der Waals surface area contributed by atoms with Crippen LogP contribution in [0.25, 0.3) is 60.4 Å². The first-order valence-corrected chi connectivity index (χ1v) is 15.3. The molecule has 0 amide bonds. The van der Waals surface area contributed by atoms with Crippen molar-refractivity contribution in [1.29, 1.82) is 0 Å². The molecule has 1 aliphatic heterocycles. The van der Waals surface area contributed by atoms with E-state index in [1.165, 1.54) is 76.9 Å². The van der Waals surface area contributed by atoms with E-state index in [1.807, 2.05) is 0 Å². The zero-order valence-electron chi connectivity index (χ0n) is 24.7. The Labute approximate surface area is 251 Å². The van der Waals surface area contributed by atoms with E-state index in [0.717, 1.165) is 0 Å². The average molecular weight is 551 g/mol. The molecule has 0 unspecified atom stereocenters. The van der Waals surface area contributed by atoms with E-state index in [2.05, 4.69) is 163 Å². The summed E-state index contributed by atoms with van der Waals surface area (Å²) in [4.78, 5) is 0. The minimum absolute atomic E-state index is 0.00167. The summed E-state index contributed by atoms with van der Waals surface area (Å²) < 4.78 is 5.20. The summed E-state index contributed by atoms with van der Waals surface area (Å²) in [6.45, 7) is 7.07. The van der Waals surface area contributed by atoms with Crippen LogP contribution in [0.3, 0.4) is 0 Å². The molecule has 0 radical (unpaired) electrons. The second-order valence-corrected chi connectivity index (χ2v) is 12.9. The summed E-state index contributed by atoms with van der Waals surface area (Å²) in [7, 11) is 0. The molecule has 6 aromatic carbocycles. The smallest absolute Gasteiger partial charge is 0.332 e. The van der Waals surface area contributed by atoms with Gasteiger partial charge in [0.25, 0.3) is 0 Å². The van der Waals surface area contributed by atoms with Crippen LogP contribution >= 0.6 is 0 Å². The predicted octanol–water partition coefficient (Wildman–Crippen LogP) is 8.82. The number of aromatic nitrogens is 2. The number of rotatable bonds is 2. The normalized spacial score (nSPS) is 13.0. The van der Waals surface area contributed by atoms with Crippen LogP contribution in [0.2, 0.25) is 0 Å². The maximum Gasteiger partial charge on any atom is 0.332 e. The molecule has 8 aromatic rings. The molecule has 9 rings (SSSR count). The Bertz CT molecular complexity index is 2380. The second-order valence-electron chi connectivity index (χ2n) is 12.9. The van der Waals surface area contributed by atoms with Crippen molar-refractivity contribution in [3.05, 3.63) is 139 Å². The van der Waals surface area contributed by atoms with Crippen molar-refractivity contribution in [3.63, 3.8) is 0 Å². The molecule has 43 heavy (non-hydrogen) atoms. The van der Waals surface area contributed by atoms with Gasteiger partial charge in [-0.1, -0.05) is 136 Å². The highest BCUT2D eigenvalue weighted by Gasteiger charge is 2.39. The summed E-state index contributed by atoms with van der Waals surface area (Å²) in [5.74, 6) is 0. The second kappa shape index (κ2) is 8.75. The highest BCUT2D eigenvalue weighted by atomic mass is 15.0. The molecule has 0 saturated heterocycles. The lowest BCUT2D eigenvalue weighted by Gasteiger charge is -2.33. The number of nitrogens with zero attached hydrogens (tertiary/aromatic N) is 2. The van der Waals surface area contributed by atoms with Gasteiger partial charge in [0.2, 0.25) is 0 Å². The van der Waals surface area contributed by atoms with Crippen LogP contribution in [0.5, 0.6) is 0 Å². The molecule has 0 spiro atoms. The summed E-state index contributed by atoms with van der Waals surface area (Å²) >= 11 is 0. The Morgan fingerprint density at radius 3 is 1.93 bits per heavy atom. The largest absolute Gasteiger partial charge is 0.375 e. The lowest BCUT2D eigenvalue weighted by molar-refractivity contribution is 0.594.